The lowest BCUT2D eigenvalue weighted by Gasteiger charge is -2.31. The van der Waals surface area contributed by atoms with E-state index in [4.69, 9.17) is 0 Å². The Morgan fingerprint density at radius 3 is 2.69 bits per heavy atom. The molecule has 0 spiro atoms. The first kappa shape index (κ1) is 20.4. The van der Waals surface area contributed by atoms with Crippen LogP contribution in [0.1, 0.15) is 42.7 Å². The van der Waals surface area contributed by atoms with Crippen LogP contribution in [0.25, 0.3) is 0 Å². The third kappa shape index (κ3) is 4.51. The molecule has 9 heteroatoms. The molecule has 6 nitrogen and oxygen atoms in total. The van der Waals surface area contributed by atoms with Gasteiger partial charge in [0.15, 0.2) is 5.13 Å². The van der Waals surface area contributed by atoms with Crippen molar-refractivity contribution in [3.05, 3.63) is 40.7 Å². The zero-order chi connectivity index (χ0) is 20.4. The molecule has 4 rings (SSSR count). The zero-order valence-electron chi connectivity index (χ0n) is 16.1. The minimum atomic E-state index is -3.75. The van der Waals surface area contributed by atoms with Gasteiger partial charge in [-0.3, -0.25) is 4.79 Å². The molecule has 2 heterocycles. The maximum atomic E-state index is 13.1. The molecule has 1 aromatic heterocycles. The Hall–Kier alpha value is -1.84. The molecule has 1 aromatic carbocycles. The van der Waals surface area contributed by atoms with Gasteiger partial charge in [0.2, 0.25) is 15.9 Å². The van der Waals surface area contributed by atoms with Gasteiger partial charge in [0, 0.05) is 18.0 Å². The molecule has 156 valence electrons. The fourth-order valence-corrected chi connectivity index (χ4v) is 6.50. The topological polar surface area (TPSA) is 79.4 Å². The monoisotopic (exact) mass is 437 g/mol. The second-order valence-electron chi connectivity index (χ2n) is 7.59. The van der Waals surface area contributed by atoms with Crippen molar-refractivity contribution in [3.63, 3.8) is 0 Å². The van der Waals surface area contributed by atoms with Crippen LogP contribution < -0.4 is 5.32 Å². The van der Waals surface area contributed by atoms with Crippen LogP contribution in [0.15, 0.2) is 29.2 Å². The average Bonchev–Trinajstić information content (AvgIpc) is 2.96. The highest BCUT2D eigenvalue weighted by Gasteiger charge is 2.33. The molecule has 0 saturated carbocycles. The molecule has 1 atom stereocenters. The number of thiazole rings is 1. The van der Waals surface area contributed by atoms with Crippen molar-refractivity contribution in [2.75, 3.05) is 18.4 Å². The summed E-state index contributed by atoms with van der Waals surface area (Å²) >= 11 is 1.54. The van der Waals surface area contributed by atoms with E-state index in [0.717, 1.165) is 43.5 Å². The van der Waals surface area contributed by atoms with Gasteiger partial charge in [0.25, 0.3) is 0 Å². The number of amides is 1. The number of hydrogen-bond acceptors (Lipinski definition) is 5. The van der Waals surface area contributed by atoms with Gasteiger partial charge in [-0.15, -0.1) is 11.3 Å². The predicted molar refractivity (Wildman–Crippen MR) is 110 cm³/mol. The smallest absolute Gasteiger partial charge is 0.243 e. The number of nitrogens with one attached hydrogen (secondary N) is 1. The van der Waals surface area contributed by atoms with Gasteiger partial charge in [0.1, 0.15) is 5.82 Å². The highest BCUT2D eigenvalue weighted by atomic mass is 32.2. The van der Waals surface area contributed by atoms with E-state index in [1.54, 1.807) is 0 Å². The van der Waals surface area contributed by atoms with Crippen LogP contribution in [0.4, 0.5) is 9.52 Å². The number of rotatable bonds is 4. The minimum absolute atomic E-state index is 0.0450. The van der Waals surface area contributed by atoms with Crippen molar-refractivity contribution in [3.8, 4) is 0 Å². The number of carbonyl (C=O) groups excluding carboxylic acids is 1. The first-order valence-corrected chi connectivity index (χ1v) is 12.2. The molecule has 1 saturated heterocycles. The third-order valence-electron chi connectivity index (χ3n) is 5.53. The van der Waals surface area contributed by atoms with Crippen molar-refractivity contribution in [2.45, 2.75) is 49.8 Å². The second-order valence-corrected chi connectivity index (χ2v) is 10.6. The normalized spacial score (nSPS) is 20.7. The number of halogens is 1. The standard InChI is InChI=1S/C20H24FN3O3S2/c21-15-8-10-16(11-9-15)29(26,27)24-12-4-5-14(13-24)19(25)23-20-22-17-6-2-1-3-7-18(17)28-20/h8-11,14H,1-7,12-13H2,(H,22,23,25). The van der Waals surface area contributed by atoms with Gasteiger partial charge in [-0.25, -0.2) is 17.8 Å². The molecular formula is C20H24FN3O3S2. The summed E-state index contributed by atoms with van der Waals surface area (Å²) in [5.74, 6) is -1.10. The van der Waals surface area contributed by atoms with Gasteiger partial charge in [-0.05, 0) is 62.8 Å². The van der Waals surface area contributed by atoms with Gasteiger partial charge >= 0.3 is 0 Å². The van der Waals surface area contributed by atoms with Crippen molar-refractivity contribution in [2.24, 2.45) is 5.92 Å². The van der Waals surface area contributed by atoms with E-state index in [0.29, 0.717) is 24.5 Å². The number of piperidine rings is 1. The lowest BCUT2D eigenvalue weighted by atomic mass is 9.99. The van der Waals surface area contributed by atoms with Gasteiger partial charge in [-0.2, -0.15) is 4.31 Å². The zero-order valence-corrected chi connectivity index (χ0v) is 17.7. The first-order valence-electron chi connectivity index (χ1n) is 9.98. The molecular weight excluding hydrogens is 413 g/mol. The van der Waals surface area contributed by atoms with E-state index in [9.17, 15) is 17.6 Å². The summed E-state index contributed by atoms with van der Waals surface area (Å²) in [7, 11) is -3.75. The van der Waals surface area contributed by atoms with E-state index >= 15 is 0 Å². The SMILES string of the molecule is O=C(Nc1nc2c(s1)CCCCC2)C1CCCN(S(=O)(=O)c2ccc(F)cc2)C1. The van der Waals surface area contributed by atoms with E-state index in [1.165, 1.54) is 39.1 Å². The number of benzene rings is 1. The molecule has 29 heavy (non-hydrogen) atoms. The summed E-state index contributed by atoms with van der Waals surface area (Å²) in [4.78, 5) is 18.7. The summed E-state index contributed by atoms with van der Waals surface area (Å²) in [5, 5.41) is 3.52. The Labute approximate surface area is 174 Å². The van der Waals surface area contributed by atoms with Gasteiger partial charge < -0.3 is 5.32 Å². The third-order valence-corrected chi connectivity index (χ3v) is 8.48. The van der Waals surface area contributed by atoms with Crippen LogP contribution >= 0.6 is 11.3 Å². The lowest BCUT2D eigenvalue weighted by Crippen LogP contribution is -2.43. The van der Waals surface area contributed by atoms with Gasteiger partial charge in [-0.1, -0.05) is 6.42 Å². The maximum absolute atomic E-state index is 13.1. The lowest BCUT2D eigenvalue weighted by molar-refractivity contribution is -0.120. The molecule has 2 aliphatic rings. The maximum Gasteiger partial charge on any atom is 0.243 e. The number of aromatic nitrogens is 1. The van der Waals surface area contributed by atoms with Crippen molar-refractivity contribution >= 4 is 32.4 Å². The summed E-state index contributed by atoms with van der Waals surface area (Å²) < 4.78 is 40.2. The van der Waals surface area contributed by atoms with Crippen LogP contribution in [0.2, 0.25) is 0 Å². The van der Waals surface area contributed by atoms with E-state index in [1.807, 2.05) is 0 Å². The number of anilines is 1. The van der Waals surface area contributed by atoms with Crippen LogP contribution in [-0.2, 0) is 27.7 Å². The summed E-state index contributed by atoms with van der Waals surface area (Å²) in [6.07, 6.45) is 6.69. The Morgan fingerprint density at radius 2 is 1.90 bits per heavy atom. The molecule has 1 aliphatic heterocycles. The number of sulfonamides is 1. The minimum Gasteiger partial charge on any atom is -0.302 e. The Bertz CT molecular complexity index is 965. The molecule has 1 aliphatic carbocycles. The Kier molecular flexibility index (Phi) is 5.98. The number of aryl methyl sites for hydroxylation is 2. The summed E-state index contributed by atoms with van der Waals surface area (Å²) in [5.41, 5.74) is 1.09. The van der Waals surface area contributed by atoms with E-state index in [-0.39, 0.29) is 17.3 Å². The number of nitrogens with zero attached hydrogens (tertiary/aromatic N) is 2. The molecule has 0 bridgehead atoms. The van der Waals surface area contributed by atoms with Crippen LogP contribution in [0.3, 0.4) is 0 Å². The van der Waals surface area contributed by atoms with Crippen LogP contribution in [0.5, 0.6) is 0 Å². The van der Waals surface area contributed by atoms with Crippen LogP contribution in [0, 0.1) is 11.7 Å². The molecule has 1 N–H and O–H groups in total. The Morgan fingerprint density at radius 1 is 1.14 bits per heavy atom. The van der Waals surface area contributed by atoms with Crippen LogP contribution in [-0.4, -0.2) is 36.7 Å². The molecule has 1 unspecified atom stereocenters. The largest absolute Gasteiger partial charge is 0.302 e. The average molecular weight is 438 g/mol. The second kappa shape index (κ2) is 8.49. The molecule has 2 aromatic rings. The quantitative estimate of drug-likeness (QED) is 0.742. The highest BCUT2D eigenvalue weighted by Crippen LogP contribution is 2.30. The number of carbonyl (C=O) groups is 1. The number of fused-ring (bicyclic) bond motifs is 1. The van der Waals surface area contributed by atoms with Crippen molar-refractivity contribution in [1.29, 1.82) is 0 Å². The van der Waals surface area contributed by atoms with Gasteiger partial charge in [0.05, 0.1) is 16.5 Å². The van der Waals surface area contributed by atoms with E-state index < -0.39 is 21.8 Å². The summed E-state index contributed by atoms with van der Waals surface area (Å²) in [6.45, 7) is 0.478. The van der Waals surface area contributed by atoms with E-state index in [2.05, 4.69) is 10.3 Å². The fourth-order valence-electron chi connectivity index (χ4n) is 3.92. The molecule has 0 radical (unpaired) electrons. The predicted octanol–water partition coefficient (Wildman–Crippen LogP) is 3.59. The Balaban J connectivity index is 1.44. The fraction of sp³-hybridized carbons (Fsp3) is 0.500. The molecule has 1 amide bonds. The molecule has 1 fully saturated rings. The van der Waals surface area contributed by atoms with Crippen molar-refractivity contribution in [1.82, 2.24) is 9.29 Å². The van der Waals surface area contributed by atoms with Crippen molar-refractivity contribution < 1.29 is 17.6 Å². The summed E-state index contributed by atoms with van der Waals surface area (Å²) in [6, 6.07) is 4.79. The first-order chi connectivity index (χ1) is 13.9. The highest BCUT2D eigenvalue weighted by molar-refractivity contribution is 7.89. The number of hydrogen-bond donors (Lipinski definition) is 1.